The molecule has 0 bridgehead atoms. The first kappa shape index (κ1) is 16.0. The van der Waals surface area contributed by atoms with Crippen LogP contribution in [0.1, 0.15) is 76.6 Å². The van der Waals surface area contributed by atoms with Gasteiger partial charge in [-0.05, 0) is 46.6 Å². The van der Waals surface area contributed by atoms with E-state index in [0.717, 1.165) is 6.54 Å². The van der Waals surface area contributed by atoms with E-state index < -0.39 is 0 Å². The maximum atomic E-state index is 3.27. The van der Waals surface area contributed by atoms with Crippen molar-refractivity contribution in [2.24, 2.45) is 0 Å². The van der Waals surface area contributed by atoms with Gasteiger partial charge in [0.15, 0.2) is 0 Å². The van der Waals surface area contributed by atoms with Gasteiger partial charge in [0, 0.05) is 6.54 Å². The first-order chi connectivity index (χ1) is 8.82. The number of hydrogen-bond donors (Lipinski definition) is 2. The van der Waals surface area contributed by atoms with Crippen LogP contribution in [-0.2, 0) is 12.0 Å². The van der Waals surface area contributed by atoms with Crippen molar-refractivity contribution in [1.82, 2.24) is 5.43 Å². The molecule has 0 saturated heterocycles. The van der Waals surface area contributed by atoms with Crippen LogP contribution in [0.25, 0.3) is 0 Å². The number of fused-ring (bicyclic) bond motifs is 1. The summed E-state index contributed by atoms with van der Waals surface area (Å²) in [6.45, 7) is 18.7. The Balaban J connectivity index is 0.000000861. The van der Waals surface area contributed by atoms with Crippen molar-refractivity contribution in [3.8, 4) is 0 Å². The van der Waals surface area contributed by atoms with Gasteiger partial charge in [0.1, 0.15) is 0 Å². The zero-order valence-electron chi connectivity index (χ0n) is 13.9. The fourth-order valence-corrected chi connectivity index (χ4v) is 3.00. The Kier molecular flexibility index (Phi) is 5.03. The minimum Gasteiger partial charge on any atom is -0.321 e. The highest BCUT2D eigenvalue weighted by Crippen LogP contribution is 2.40. The summed E-state index contributed by atoms with van der Waals surface area (Å²) in [5.41, 5.74) is 13.9. The predicted octanol–water partition coefficient (Wildman–Crippen LogP) is 4.87. The highest BCUT2D eigenvalue weighted by atomic mass is 15.4. The molecule has 2 heteroatoms. The quantitative estimate of drug-likeness (QED) is 0.754. The second-order valence-electron chi connectivity index (χ2n) is 6.39. The van der Waals surface area contributed by atoms with Crippen molar-refractivity contribution < 1.29 is 0 Å². The molecule has 2 rings (SSSR count). The molecular weight excluding hydrogens is 232 g/mol. The van der Waals surface area contributed by atoms with Crippen molar-refractivity contribution in [2.75, 3.05) is 5.43 Å². The third kappa shape index (κ3) is 3.11. The Morgan fingerprint density at radius 1 is 1.16 bits per heavy atom. The van der Waals surface area contributed by atoms with E-state index in [2.05, 4.69) is 58.5 Å². The van der Waals surface area contributed by atoms with Gasteiger partial charge in [0.2, 0.25) is 0 Å². The Labute approximate surface area is 119 Å². The topological polar surface area (TPSA) is 24.1 Å². The highest BCUT2D eigenvalue weighted by Gasteiger charge is 2.28. The molecule has 1 aromatic carbocycles. The van der Waals surface area contributed by atoms with Crippen LogP contribution in [0.3, 0.4) is 0 Å². The molecule has 0 fully saturated rings. The Morgan fingerprint density at radius 2 is 1.74 bits per heavy atom. The molecule has 0 unspecified atom stereocenters. The lowest BCUT2D eigenvalue weighted by molar-refractivity contribution is 0.568. The van der Waals surface area contributed by atoms with E-state index in [1.807, 2.05) is 13.8 Å². The molecule has 0 aliphatic carbocycles. The zero-order chi connectivity index (χ0) is 14.8. The molecule has 2 N–H and O–H groups in total. The van der Waals surface area contributed by atoms with Crippen LogP contribution >= 0.6 is 0 Å². The molecule has 0 radical (unpaired) electrons. The molecule has 0 atom stereocenters. The van der Waals surface area contributed by atoms with Crippen molar-refractivity contribution in [3.63, 3.8) is 0 Å². The third-order valence-corrected chi connectivity index (χ3v) is 3.50. The molecule has 2 nitrogen and oxygen atoms in total. The maximum absolute atomic E-state index is 3.27. The van der Waals surface area contributed by atoms with Crippen molar-refractivity contribution in [2.45, 2.75) is 73.3 Å². The highest BCUT2D eigenvalue weighted by molar-refractivity contribution is 5.64. The Bertz CT molecular complexity index is 440. The van der Waals surface area contributed by atoms with Crippen LogP contribution in [0, 0.1) is 6.92 Å². The molecule has 0 saturated carbocycles. The SMILES string of the molecule is CC.Cc1cc2c(c(C(C)(C)C)c1C(C)C)CNN2. The van der Waals surface area contributed by atoms with Crippen molar-refractivity contribution >= 4 is 5.69 Å². The molecule has 1 heterocycles. The van der Waals surface area contributed by atoms with Crippen molar-refractivity contribution in [1.29, 1.82) is 0 Å². The molecular formula is C17H30N2. The van der Waals surface area contributed by atoms with E-state index >= 15 is 0 Å². The first-order valence-corrected chi connectivity index (χ1v) is 7.48. The van der Waals surface area contributed by atoms with Gasteiger partial charge in [-0.25, -0.2) is 5.43 Å². The Morgan fingerprint density at radius 3 is 2.21 bits per heavy atom. The summed E-state index contributed by atoms with van der Waals surface area (Å²) < 4.78 is 0. The molecule has 1 aliphatic rings. The molecule has 0 spiro atoms. The average Bonchev–Trinajstić information content (AvgIpc) is 2.75. The van der Waals surface area contributed by atoms with Crippen LogP contribution in [-0.4, -0.2) is 0 Å². The van der Waals surface area contributed by atoms with Gasteiger partial charge in [-0.1, -0.05) is 48.5 Å². The molecule has 0 amide bonds. The molecule has 1 aliphatic heterocycles. The first-order valence-electron chi connectivity index (χ1n) is 7.48. The van der Waals surface area contributed by atoms with E-state index in [0.29, 0.717) is 5.92 Å². The summed E-state index contributed by atoms with van der Waals surface area (Å²) in [6, 6.07) is 2.28. The smallest absolute Gasteiger partial charge is 0.0539 e. The predicted molar refractivity (Wildman–Crippen MR) is 85.8 cm³/mol. The standard InChI is InChI=1S/C15H24N2.C2H6/c1-9(2)13-10(3)7-12-11(8-16-17-12)14(13)15(4,5)6;1-2/h7,9,16-17H,8H2,1-6H3;1-2H3. The number of hydrazine groups is 1. The fraction of sp³-hybridized carbons (Fsp3) is 0.647. The maximum Gasteiger partial charge on any atom is 0.0539 e. The van der Waals surface area contributed by atoms with Gasteiger partial charge in [-0.3, -0.25) is 0 Å². The second-order valence-corrected chi connectivity index (χ2v) is 6.39. The number of nitrogens with one attached hydrogen (secondary N) is 2. The van der Waals surface area contributed by atoms with Crippen LogP contribution in [0.5, 0.6) is 0 Å². The summed E-state index contributed by atoms with van der Waals surface area (Å²) >= 11 is 0. The minimum atomic E-state index is 0.198. The van der Waals surface area contributed by atoms with Gasteiger partial charge < -0.3 is 5.43 Å². The number of rotatable bonds is 1. The van der Waals surface area contributed by atoms with Gasteiger partial charge in [0.05, 0.1) is 5.69 Å². The van der Waals surface area contributed by atoms with Crippen LogP contribution in [0.2, 0.25) is 0 Å². The second kappa shape index (κ2) is 5.96. The van der Waals surface area contributed by atoms with Gasteiger partial charge in [-0.15, -0.1) is 0 Å². The number of anilines is 1. The van der Waals surface area contributed by atoms with E-state index in [4.69, 9.17) is 0 Å². The summed E-state index contributed by atoms with van der Waals surface area (Å²) in [6.07, 6.45) is 0. The summed E-state index contributed by atoms with van der Waals surface area (Å²) in [7, 11) is 0. The van der Waals surface area contributed by atoms with Gasteiger partial charge in [-0.2, -0.15) is 0 Å². The van der Waals surface area contributed by atoms with Gasteiger partial charge >= 0.3 is 0 Å². The normalized spacial score (nSPS) is 13.7. The Hall–Kier alpha value is -1.02. The number of benzene rings is 1. The summed E-state index contributed by atoms with van der Waals surface area (Å²) in [5, 5.41) is 0. The lowest BCUT2D eigenvalue weighted by atomic mass is 9.76. The van der Waals surface area contributed by atoms with E-state index in [1.165, 1.54) is 27.9 Å². The zero-order valence-corrected chi connectivity index (χ0v) is 13.9. The number of aryl methyl sites for hydroxylation is 1. The summed E-state index contributed by atoms with van der Waals surface area (Å²) in [5.74, 6) is 0.579. The monoisotopic (exact) mass is 262 g/mol. The van der Waals surface area contributed by atoms with Crippen molar-refractivity contribution in [3.05, 3.63) is 28.3 Å². The molecule has 19 heavy (non-hydrogen) atoms. The number of hydrogen-bond acceptors (Lipinski definition) is 2. The molecule has 108 valence electrons. The summed E-state index contributed by atoms with van der Waals surface area (Å²) in [4.78, 5) is 0. The molecule has 0 aromatic heterocycles. The van der Waals surface area contributed by atoms with E-state index in [1.54, 1.807) is 0 Å². The van der Waals surface area contributed by atoms with E-state index in [9.17, 15) is 0 Å². The van der Waals surface area contributed by atoms with Crippen LogP contribution in [0.4, 0.5) is 5.69 Å². The van der Waals surface area contributed by atoms with Gasteiger partial charge in [0.25, 0.3) is 0 Å². The average molecular weight is 262 g/mol. The minimum absolute atomic E-state index is 0.198. The lowest BCUT2D eigenvalue weighted by Crippen LogP contribution is -2.19. The van der Waals surface area contributed by atoms with Crippen LogP contribution < -0.4 is 10.9 Å². The molecule has 1 aromatic rings. The lowest BCUT2D eigenvalue weighted by Gasteiger charge is -2.29. The van der Waals surface area contributed by atoms with Crippen LogP contribution in [0.15, 0.2) is 6.07 Å². The fourth-order valence-electron chi connectivity index (χ4n) is 3.00. The third-order valence-electron chi connectivity index (χ3n) is 3.50. The largest absolute Gasteiger partial charge is 0.321 e. The van der Waals surface area contributed by atoms with E-state index in [-0.39, 0.29) is 5.41 Å².